The Kier molecular flexibility index (Phi) is 4.30. The van der Waals surface area contributed by atoms with E-state index in [-0.39, 0.29) is 5.82 Å². The van der Waals surface area contributed by atoms with Crippen molar-refractivity contribution in [3.8, 4) is 0 Å². The van der Waals surface area contributed by atoms with E-state index in [4.69, 9.17) is 11.6 Å². The molecule has 2 N–H and O–H groups in total. The Labute approximate surface area is 114 Å². The minimum absolute atomic E-state index is 0.298. The topological polar surface area (TPSA) is 54.0 Å². The van der Waals surface area contributed by atoms with Gasteiger partial charge in [0.05, 0.1) is 0 Å². The van der Waals surface area contributed by atoms with Crippen molar-refractivity contribution in [3.63, 3.8) is 0 Å². The first-order valence-electron chi connectivity index (χ1n) is 5.54. The van der Waals surface area contributed by atoms with Gasteiger partial charge in [0.1, 0.15) is 11.6 Å². The fourth-order valence-corrected chi connectivity index (χ4v) is 1.58. The van der Waals surface area contributed by atoms with Crippen molar-refractivity contribution >= 4 is 23.4 Å². The molecule has 1 aromatic heterocycles. The summed E-state index contributed by atoms with van der Waals surface area (Å²) in [6, 6.07) is 8.64. The van der Waals surface area contributed by atoms with Gasteiger partial charge < -0.3 is 5.32 Å². The predicted octanol–water partition coefficient (Wildman–Crippen LogP) is 3.20. The Morgan fingerprint density at radius 2 is 2.00 bits per heavy atom. The highest BCUT2D eigenvalue weighted by molar-refractivity contribution is 6.30. The average molecular weight is 280 g/mol. The molecular weight excluding hydrogens is 269 g/mol. The van der Waals surface area contributed by atoms with Gasteiger partial charge in [-0.2, -0.15) is 0 Å². The standard InChI is InChI=1S/C13H11ClFN3O/c14-10-5-6-16-12(7-10)18-13(19)17-8-9-1-3-11(15)4-2-9/h1-7H,8H2,(H2,16,17,18,19). The minimum Gasteiger partial charge on any atom is -0.334 e. The zero-order valence-electron chi connectivity index (χ0n) is 9.86. The summed E-state index contributed by atoms with van der Waals surface area (Å²) < 4.78 is 12.7. The number of halogens is 2. The molecule has 0 aliphatic carbocycles. The number of aromatic nitrogens is 1. The van der Waals surface area contributed by atoms with Gasteiger partial charge in [0.15, 0.2) is 0 Å². The monoisotopic (exact) mass is 279 g/mol. The molecule has 0 atom stereocenters. The van der Waals surface area contributed by atoms with Crippen LogP contribution in [0.15, 0.2) is 42.6 Å². The van der Waals surface area contributed by atoms with Crippen molar-refractivity contribution in [1.82, 2.24) is 10.3 Å². The molecule has 0 saturated carbocycles. The fraction of sp³-hybridized carbons (Fsp3) is 0.0769. The minimum atomic E-state index is -0.404. The molecule has 2 aromatic rings. The third-order valence-corrected chi connectivity index (χ3v) is 2.57. The lowest BCUT2D eigenvalue weighted by Crippen LogP contribution is -2.28. The van der Waals surface area contributed by atoms with Crippen molar-refractivity contribution in [2.45, 2.75) is 6.54 Å². The highest BCUT2D eigenvalue weighted by Gasteiger charge is 2.03. The average Bonchev–Trinajstić information content (AvgIpc) is 2.38. The first-order chi connectivity index (χ1) is 9.13. The van der Waals surface area contributed by atoms with Crippen LogP contribution < -0.4 is 10.6 Å². The highest BCUT2D eigenvalue weighted by atomic mass is 35.5. The van der Waals surface area contributed by atoms with E-state index in [0.29, 0.717) is 17.4 Å². The molecule has 2 rings (SSSR count). The third-order valence-electron chi connectivity index (χ3n) is 2.33. The maximum Gasteiger partial charge on any atom is 0.320 e. The molecular formula is C13H11ClFN3O. The van der Waals surface area contributed by atoms with E-state index in [1.165, 1.54) is 18.3 Å². The van der Waals surface area contributed by atoms with Crippen molar-refractivity contribution in [3.05, 3.63) is 59.0 Å². The lowest BCUT2D eigenvalue weighted by atomic mass is 10.2. The Bertz CT molecular complexity index is 574. The number of anilines is 1. The van der Waals surface area contributed by atoms with Gasteiger partial charge in [-0.15, -0.1) is 0 Å². The maximum absolute atomic E-state index is 12.7. The lowest BCUT2D eigenvalue weighted by Gasteiger charge is -2.07. The van der Waals surface area contributed by atoms with E-state index in [1.54, 1.807) is 24.3 Å². The number of carbonyl (C=O) groups excluding carboxylic acids is 1. The smallest absolute Gasteiger partial charge is 0.320 e. The van der Waals surface area contributed by atoms with Crippen LogP contribution in [0.4, 0.5) is 15.0 Å². The van der Waals surface area contributed by atoms with E-state index in [1.807, 2.05) is 0 Å². The van der Waals surface area contributed by atoms with E-state index >= 15 is 0 Å². The van der Waals surface area contributed by atoms with E-state index < -0.39 is 6.03 Å². The molecule has 6 heteroatoms. The van der Waals surface area contributed by atoms with Gasteiger partial charge in [-0.3, -0.25) is 5.32 Å². The number of carbonyl (C=O) groups is 1. The molecule has 0 saturated heterocycles. The van der Waals surface area contributed by atoms with Crippen LogP contribution >= 0.6 is 11.6 Å². The Morgan fingerprint density at radius 1 is 1.26 bits per heavy atom. The number of hydrogen-bond acceptors (Lipinski definition) is 2. The summed E-state index contributed by atoms with van der Waals surface area (Å²) in [5, 5.41) is 5.67. The van der Waals surface area contributed by atoms with Crippen LogP contribution in [0.25, 0.3) is 0 Å². The van der Waals surface area contributed by atoms with Gasteiger partial charge in [-0.25, -0.2) is 14.2 Å². The molecule has 98 valence electrons. The van der Waals surface area contributed by atoms with Crippen molar-refractivity contribution in [2.75, 3.05) is 5.32 Å². The summed E-state index contributed by atoms with van der Waals surface area (Å²) in [6.45, 7) is 0.298. The SMILES string of the molecule is O=C(NCc1ccc(F)cc1)Nc1cc(Cl)ccn1. The first kappa shape index (κ1) is 13.3. The van der Waals surface area contributed by atoms with Gasteiger partial charge in [0.25, 0.3) is 0 Å². The van der Waals surface area contributed by atoms with Crippen molar-refractivity contribution in [1.29, 1.82) is 0 Å². The number of amides is 2. The van der Waals surface area contributed by atoms with Crippen LogP contribution in [-0.4, -0.2) is 11.0 Å². The summed E-state index contributed by atoms with van der Waals surface area (Å²) in [6.07, 6.45) is 1.50. The number of hydrogen-bond donors (Lipinski definition) is 2. The summed E-state index contributed by atoms with van der Waals surface area (Å²) in [5.74, 6) is 0.0560. The van der Waals surface area contributed by atoms with Gasteiger partial charge in [-0.1, -0.05) is 23.7 Å². The molecule has 1 heterocycles. The van der Waals surface area contributed by atoms with Crippen molar-refractivity contribution < 1.29 is 9.18 Å². The zero-order valence-corrected chi connectivity index (χ0v) is 10.6. The first-order valence-corrected chi connectivity index (χ1v) is 5.92. The van der Waals surface area contributed by atoms with E-state index in [0.717, 1.165) is 5.56 Å². The largest absolute Gasteiger partial charge is 0.334 e. The maximum atomic E-state index is 12.7. The van der Waals surface area contributed by atoms with Gasteiger partial charge in [0, 0.05) is 17.8 Å². The predicted molar refractivity (Wildman–Crippen MR) is 71.5 cm³/mol. The number of urea groups is 1. The van der Waals surface area contributed by atoms with Crippen LogP contribution in [0.1, 0.15) is 5.56 Å². The Morgan fingerprint density at radius 3 is 2.68 bits per heavy atom. The molecule has 19 heavy (non-hydrogen) atoms. The van der Waals surface area contributed by atoms with Crippen LogP contribution in [0.5, 0.6) is 0 Å². The van der Waals surface area contributed by atoms with Crippen molar-refractivity contribution in [2.24, 2.45) is 0 Å². The number of benzene rings is 1. The molecule has 0 aliphatic rings. The molecule has 2 amide bonds. The van der Waals surface area contributed by atoms with E-state index in [2.05, 4.69) is 15.6 Å². The summed E-state index contributed by atoms with van der Waals surface area (Å²) >= 11 is 5.77. The van der Waals surface area contributed by atoms with Gasteiger partial charge in [-0.05, 0) is 29.8 Å². The quantitative estimate of drug-likeness (QED) is 0.906. The summed E-state index contributed by atoms with van der Waals surface area (Å²) in [7, 11) is 0. The molecule has 1 aromatic carbocycles. The Hall–Kier alpha value is -2.14. The lowest BCUT2D eigenvalue weighted by molar-refractivity contribution is 0.251. The highest BCUT2D eigenvalue weighted by Crippen LogP contribution is 2.11. The van der Waals surface area contributed by atoms with Crippen LogP contribution in [-0.2, 0) is 6.54 Å². The van der Waals surface area contributed by atoms with Gasteiger partial charge >= 0.3 is 6.03 Å². The number of nitrogens with one attached hydrogen (secondary N) is 2. The van der Waals surface area contributed by atoms with Gasteiger partial charge in [0.2, 0.25) is 0 Å². The second kappa shape index (κ2) is 6.15. The zero-order chi connectivity index (χ0) is 13.7. The number of pyridine rings is 1. The fourth-order valence-electron chi connectivity index (χ4n) is 1.42. The van der Waals surface area contributed by atoms with Crippen LogP contribution in [0.2, 0.25) is 5.02 Å². The molecule has 0 fully saturated rings. The number of nitrogens with zero attached hydrogens (tertiary/aromatic N) is 1. The molecule has 0 unspecified atom stereocenters. The van der Waals surface area contributed by atoms with E-state index in [9.17, 15) is 9.18 Å². The molecule has 0 spiro atoms. The molecule has 0 radical (unpaired) electrons. The summed E-state index contributed by atoms with van der Waals surface area (Å²) in [4.78, 5) is 15.5. The van der Waals surface area contributed by atoms with Crippen LogP contribution in [0.3, 0.4) is 0 Å². The van der Waals surface area contributed by atoms with Crippen LogP contribution in [0, 0.1) is 5.82 Å². The Balaban J connectivity index is 1.86. The molecule has 0 aliphatic heterocycles. The second-order valence-electron chi connectivity index (χ2n) is 3.79. The summed E-state index contributed by atoms with van der Waals surface area (Å²) in [5.41, 5.74) is 0.801. The number of rotatable bonds is 3. The second-order valence-corrected chi connectivity index (χ2v) is 4.23. The normalized spacial score (nSPS) is 10.0. The third kappa shape index (κ3) is 4.22. The molecule has 0 bridgehead atoms. The molecule has 4 nitrogen and oxygen atoms in total.